The van der Waals surface area contributed by atoms with Crippen LogP contribution in [0.25, 0.3) is 0 Å². The average molecular weight is 471 g/mol. The number of carbonyl (C=O) groups is 2. The second kappa shape index (κ2) is 9.80. The van der Waals surface area contributed by atoms with Crippen LogP contribution in [0.5, 0.6) is 0 Å². The van der Waals surface area contributed by atoms with Crippen molar-refractivity contribution in [3.63, 3.8) is 0 Å². The molecule has 1 saturated heterocycles. The number of amides is 2. The zero-order chi connectivity index (χ0) is 24.4. The summed E-state index contributed by atoms with van der Waals surface area (Å²) in [4.78, 5) is 34.3. The first-order valence-corrected chi connectivity index (χ1v) is 11.8. The molecule has 35 heavy (non-hydrogen) atoms. The highest BCUT2D eigenvalue weighted by Crippen LogP contribution is 2.36. The van der Waals surface area contributed by atoms with E-state index in [9.17, 15) is 14.0 Å². The predicted molar refractivity (Wildman–Crippen MR) is 136 cm³/mol. The number of halogens is 1. The fourth-order valence-corrected chi connectivity index (χ4v) is 4.68. The molecule has 0 aromatic heterocycles. The molecule has 3 aromatic rings. The number of fused-ring (bicyclic) bond motifs is 1. The van der Waals surface area contributed by atoms with Gasteiger partial charge in [-0.25, -0.2) is 4.39 Å². The third-order valence-corrected chi connectivity index (χ3v) is 6.61. The van der Waals surface area contributed by atoms with Crippen LogP contribution in [0, 0.1) is 5.82 Å². The van der Waals surface area contributed by atoms with Gasteiger partial charge in [-0.05, 0) is 73.5 Å². The smallest absolute Gasteiger partial charge is 0.240 e. The van der Waals surface area contributed by atoms with Gasteiger partial charge in [-0.3, -0.25) is 19.5 Å². The number of aliphatic imine (C=N–C) groups is 1. The van der Waals surface area contributed by atoms with Crippen molar-refractivity contribution in [2.45, 2.75) is 18.8 Å². The van der Waals surface area contributed by atoms with E-state index < -0.39 is 11.7 Å². The van der Waals surface area contributed by atoms with Crippen molar-refractivity contribution in [1.82, 2.24) is 4.90 Å². The number of hydrogen-bond donors (Lipinski definition) is 1. The van der Waals surface area contributed by atoms with Gasteiger partial charge in [0.1, 0.15) is 11.7 Å². The quantitative estimate of drug-likeness (QED) is 0.529. The van der Waals surface area contributed by atoms with E-state index in [2.05, 4.69) is 10.2 Å². The molecule has 178 valence electrons. The number of rotatable bonds is 6. The number of nitrogens with zero attached hydrogens (tertiary/aromatic N) is 3. The van der Waals surface area contributed by atoms with Crippen molar-refractivity contribution in [2.75, 3.05) is 36.9 Å². The highest BCUT2D eigenvalue weighted by molar-refractivity contribution is 6.24. The summed E-state index contributed by atoms with van der Waals surface area (Å²) in [6, 6.07) is 21.3. The summed E-state index contributed by atoms with van der Waals surface area (Å²) in [6.45, 7) is 2.37. The summed E-state index contributed by atoms with van der Waals surface area (Å²) in [7, 11) is 1.78. The Balaban J connectivity index is 1.44. The average Bonchev–Trinajstić information content (AvgIpc) is 3.49. The van der Waals surface area contributed by atoms with Crippen molar-refractivity contribution < 1.29 is 14.0 Å². The molecule has 1 fully saturated rings. The lowest BCUT2D eigenvalue weighted by Gasteiger charge is -2.21. The lowest BCUT2D eigenvalue weighted by molar-refractivity contribution is -0.119. The molecular formula is C28H27FN4O2. The second-order valence-electron chi connectivity index (χ2n) is 8.97. The van der Waals surface area contributed by atoms with E-state index in [-0.39, 0.29) is 11.8 Å². The van der Waals surface area contributed by atoms with Gasteiger partial charge in [0.05, 0.1) is 17.9 Å². The van der Waals surface area contributed by atoms with E-state index in [1.807, 2.05) is 54.6 Å². The molecule has 0 spiro atoms. The molecule has 2 aliphatic heterocycles. The highest BCUT2D eigenvalue weighted by atomic mass is 19.1. The fourth-order valence-electron chi connectivity index (χ4n) is 4.68. The summed E-state index contributed by atoms with van der Waals surface area (Å²) in [5.41, 5.74) is 4.01. The molecule has 2 aliphatic rings. The molecule has 1 N–H and O–H groups in total. The van der Waals surface area contributed by atoms with Gasteiger partial charge in [0, 0.05) is 18.4 Å². The Bertz CT molecular complexity index is 1270. The third kappa shape index (κ3) is 4.86. The molecular weight excluding hydrogens is 443 g/mol. The Morgan fingerprint density at radius 1 is 1.06 bits per heavy atom. The molecule has 1 atom stereocenters. The van der Waals surface area contributed by atoms with Crippen LogP contribution in [-0.2, 0) is 9.59 Å². The normalized spacial score (nSPS) is 17.8. The minimum absolute atomic E-state index is 0.0552. The molecule has 0 aliphatic carbocycles. The SMILES string of the molecule is CN(C(=O)CN1CCCC1)c1ccc(N=C(c2ccccc2)C2C(=O)Nc3cc(F)ccc32)cc1. The van der Waals surface area contributed by atoms with Gasteiger partial charge in [-0.1, -0.05) is 36.4 Å². The topological polar surface area (TPSA) is 65.0 Å². The van der Waals surface area contributed by atoms with E-state index in [1.165, 1.54) is 12.1 Å². The van der Waals surface area contributed by atoms with Gasteiger partial charge >= 0.3 is 0 Å². The van der Waals surface area contributed by atoms with Gasteiger partial charge in [0.25, 0.3) is 0 Å². The van der Waals surface area contributed by atoms with Crippen LogP contribution < -0.4 is 10.2 Å². The second-order valence-corrected chi connectivity index (χ2v) is 8.97. The Hall–Kier alpha value is -3.84. The Kier molecular flexibility index (Phi) is 6.42. The van der Waals surface area contributed by atoms with Gasteiger partial charge in [0.15, 0.2) is 0 Å². The van der Waals surface area contributed by atoms with Crippen LogP contribution >= 0.6 is 0 Å². The summed E-state index contributed by atoms with van der Waals surface area (Å²) in [6.07, 6.45) is 2.29. The Morgan fingerprint density at radius 2 is 1.77 bits per heavy atom. The zero-order valence-corrected chi connectivity index (χ0v) is 19.6. The van der Waals surface area contributed by atoms with Crippen LogP contribution in [0.3, 0.4) is 0 Å². The van der Waals surface area contributed by atoms with Crippen LogP contribution in [0.1, 0.15) is 29.9 Å². The van der Waals surface area contributed by atoms with E-state index in [0.717, 1.165) is 37.2 Å². The molecule has 0 saturated carbocycles. The standard InChI is InChI=1S/C28H27FN4O2/c1-32(25(34)18-33-15-5-6-16-33)22-12-10-21(11-13-22)30-27(19-7-3-2-4-8-19)26-23-14-9-20(29)17-24(23)31-28(26)35/h2-4,7-14,17,26H,5-6,15-16,18H2,1H3,(H,31,35). The molecule has 6 nitrogen and oxygen atoms in total. The maximum Gasteiger partial charge on any atom is 0.240 e. The molecule has 0 radical (unpaired) electrons. The first-order chi connectivity index (χ1) is 17.0. The lowest BCUT2D eigenvalue weighted by atomic mass is 9.90. The van der Waals surface area contributed by atoms with E-state index in [1.54, 1.807) is 18.0 Å². The summed E-state index contributed by atoms with van der Waals surface area (Å²) in [5.74, 6) is -1.24. The van der Waals surface area contributed by atoms with E-state index in [4.69, 9.17) is 4.99 Å². The van der Waals surface area contributed by atoms with Crippen LogP contribution in [-0.4, -0.2) is 49.1 Å². The first kappa shape index (κ1) is 22.9. The van der Waals surface area contributed by atoms with E-state index in [0.29, 0.717) is 29.2 Å². The largest absolute Gasteiger partial charge is 0.325 e. The van der Waals surface area contributed by atoms with Gasteiger partial charge in [0.2, 0.25) is 11.8 Å². The zero-order valence-electron chi connectivity index (χ0n) is 19.6. The number of likely N-dealkylation sites (N-methyl/N-ethyl adjacent to an activating group) is 1. The van der Waals surface area contributed by atoms with E-state index >= 15 is 0 Å². The summed E-state index contributed by atoms with van der Waals surface area (Å²) >= 11 is 0. The predicted octanol–water partition coefficient (Wildman–Crippen LogP) is 4.74. The van der Waals surface area contributed by atoms with Crippen LogP contribution in [0.15, 0.2) is 77.8 Å². The highest BCUT2D eigenvalue weighted by Gasteiger charge is 2.35. The molecule has 1 unspecified atom stereocenters. The lowest BCUT2D eigenvalue weighted by Crippen LogP contribution is -2.37. The molecule has 7 heteroatoms. The van der Waals surface area contributed by atoms with Crippen molar-refractivity contribution >= 4 is 34.6 Å². The number of benzene rings is 3. The van der Waals surface area contributed by atoms with Crippen molar-refractivity contribution in [2.24, 2.45) is 4.99 Å². The van der Waals surface area contributed by atoms with Crippen molar-refractivity contribution in [1.29, 1.82) is 0 Å². The molecule has 3 aromatic carbocycles. The van der Waals surface area contributed by atoms with Crippen molar-refractivity contribution in [3.05, 3.63) is 89.7 Å². The number of hydrogen-bond acceptors (Lipinski definition) is 4. The minimum atomic E-state index is -0.655. The van der Waals surface area contributed by atoms with Gasteiger partial charge in [-0.2, -0.15) is 0 Å². The minimum Gasteiger partial charge on any atom is -0.325 e. The molecule has 0 bridgehead atoms. The monoisotopic (exact) mass is 470 g/mol. The number of nitrogens with one attached hydrogen (secondary N) is 1. The summed E-state index contributed by atoms with van der Waals surface area (Å²) in [5, 5.41) is 2.78. The number of anilines is 2. The van der Waals surface area contributed by atoms with Gasteiger partial charge < -0.3 is 10.2 Å². The summed E-state index contributed by atoms with van der Waals surface area (Å²) < 4.78 is 13.7. The molecule has 2 amide bonds. The van der Waals surface area contributed by atoms with Gasteiger partial charge in [-0.15, -0.1) is 0 Å². The van der Waals surface area contributed by atoms with Crippen LogP contribution in [0.2, 0.25) is 0 Å². The number of carbonyl (C=O) groups excluding carboxylic acids is 2. The maximum atomic E-state index is 13.7. The molecule has 5 rings (SSSR count). The Labute approximate surface area is 204 Å². The molecule has 2 heterocycles. The third-order valence-electron chi connectivity index (χ3n) is 6.61. The fraction of sp³-hybridized carbons (Fsp3) is 0.250. The van der Waals surface area contributed by atoms with Crippen LogP contribution in [0.4, 0.5) is 21.5 Å². The first-order valence-electron chi connectivity index (χ1n) is 11.8. The Morgan fingerprint density at radius 3 is 2.49 bits per heavy atom. The maximum absolute atomic E-state index is 13.7. The number of likely N-dealkylation sites (tertiary alicyclic amines) is 1. The van der Waals surface area contributed by atoms with Crippen molar-refractivity contribution in [3.8, 4) is 0 Å².